The summed E-state index contributed by atoms with van der Waals surface area (Å²) < 4.78 is 0.636. The highest BCUT2D eigenvalue weighted by Gasteiger charge is 2.30. The van der Waals surface area contributed by atoms with E-state index in [4.69, 9.17) is 12.2 Å². The number of carbonyl (C=O) groups excluding carboxylic acids is 1. The van der Waals surface area contributed by atoms with Crippen LogP contribution in [-0.4, -0.2) is 21.7 Å². The maximum absolute atomic E-state index is 12.4. The Morgan fingerprint density at radius 2 is 1.83 bits per heavy atom. The summed E-state index contributed by atoms with van der Waals surface area (Å²) in [5.74, 6) is 0.00186. The lowest BCUT2D eigenvalue weighted by Gasteiger charge is -2.09. The molecule has 0 saturated carbocycles. The first-order valence-corrected chi connectivity index (χ1v) is 9.30. The molecular formula is C18H15NOS3. The summed E-state index contributed by atoms with van der Waals surface area (Å²) >= 11 is 8.34. The first-order chi connectivity index (χ1) is 11.2. The number of benzene rings is 2. The van der Waals surface area contributed by atoms with Crippen molar-refractivity contribution in [2.45, 2.75) is 16.7 Å². The van der Waals surface area contributed by atoms with E-state index in [1.54, 1.807) is 16.7 Å². The third kappa shape index (κ3) is 3.68. The summed E-state index contributed by atoms with van der Waals surface area (Å²) in [5.41, 5.74) is 1.04. The van der Waals surface area contributed by atoms with Crippen LogP contribution in [0.2, 0.25) is 0 Å². The van der Waals surface area contributed by atoms with E-state index in [0.29, 0.717) is 15.8 Å². The van der Waals surface area contributed by atoms with Gasteiger partial charge in [0.05, 0.1) is 4.91 Å². The molecule has 116 valence electrons. The molecule has 1 aliphatic rings. The number of carbonyl (C=O) groups is 1. The van der Waals surface area contributed by atoms with Crippen molar-refractivity contribution in [2.24, 2.45) is 0 Å². The van der Waals surface area contributed by atoms with Crippen LogP contribution in [0.5, 0.6) is 0 Å². The maximum Gasteiger partial charge on any atom is 0.266 e. The summed E-state index contributed by atoms with van der Waals surface area (Å²) in [6.07, 6.45) is 1.94. The summed E-state index contributed by atoms with van der Waals surface area (Å²) in [6, 6.07) is 18.3. The molecule has 0 aliphatic carbocycles. The van der Waals surface area contributed by atoms with Crippen molar-refractivity contribution < 1.29 is 4.79 Å². The molecule has 2 nitrogen and oxygen atoms in total. The molecule has 23 heavy (non-hydrogen) atoms. The van der Waals surface area contributed by atoms with Crippen LogP contribution >= 0.6 is 35.7 Å². The number of thioether (sulfide) groups is 1. The van der Waals surface area contributed by atoms with Crippen LogP contribution in [0.4, 0.5) is 0 Å². The Labute approximate surface area is 150 Å². The average molecular weight is 358 g/mol. The van der Waals surface area contributed by atoms with Crippen LogP contribution in [0.3, 0.4) is 0 Å². The standard InChI is InChI=1S/C18H15NOS3/c1-2-19-17(20)16(23-18(19)21)12-13-8-6-7-11-15(13)22-14-9-4-3-5-10-14/h3-12H,2H2,1H3/b16-12+. The Hall–Kier alpha value is -1.56. The fourth-order valence-corrected chi connectivity index (χ4v) is 4.54. The number of likely N-dealkylation sites (N-methyl/N-ethyl adjacent to an activating group) is 1. The zero-order chi connectivity index (χ0) is 16.2. The van der Waals surface area contributed by atoms with Gasteiger partial charge in [-0.1, -0.05) is 72.1 Å². The molecule has 5 heteroatoms. The second-order valence-electron chi connectivity index (χ2n) is 4.88. The number of nitrogens with zero attached hydrogens (tertiary/aromatic N) is 1. The van der Waals surface area contributed by atoms with E-state index >= 15 is 0 Å². The maximum atomic E-state index is 12.4. The Morgan fingerprint density at radius 3 is 2.52 bits per heavy atom. The molecule has 1 aliphatic heterocycles. The highest BCUT2D eigenvalue weighted by Crippen LogP contribution is 2.36. The minimum Gasteiger partial charge on any atom is -0.293 e. The van der Waals surface area contributed by atoms with Crippen molar-refractivity contribution in [3.8, 4) is 0 Å². The van der Waals surface area contributed by atoms with Crippen LogP contribution in [0.15, 0.2) is 69.3 Å². The molecule has 1 heterocycles. The summed E-state index contributed by atoms with van der Waals surface area (Å²) in [6.45, 7) is 2.55. The third-order valence-electron chi connectivity index (χ3n) is 3.37. The zero-order valence-corrected chi connectivity index (χ0v) is 15.0. The van der Waals surface area contributed by atoms with E-state index in [-0.39, 0.29) is 5.91 Å². The molecule has 0 atom stereocenters. The summed E-state index contributed by atoms with van der Waals surface area (Å²) in [5, 5.41) is 0. The molecule has 0 bridgehead atoms. The van der Waals surface area contributed by atoms with Gasteiger partial charge in [-0.05, 0) is 36.8 Å². The van der Waals surface area contributed by atoms with Crippen LogP contribution in [0, 0.1) is 0 Å². The third-order valence-corrected chi connectivity index (χ3v) is 5.84. The monoisotopic (exact) mass is 357 g/mol. The first kappa shape index (κ1) is 16.3. The molecule has 0 N–H and O–H groups in total. The molecule has 1 saturated heterocycles. The minimum atomic E-state index is 0.00186. The van der Waals surface area contributed by atoms with E-state index in [0.717, 1.165) is 10.5 Å². The van der Waals surface area contributed by atoms with Crippen LogP contribution in [-0.2, 0) is 4.79 Å². The van der Waals surface area contributed by atoms with Crippen molar-refractivity contribution in [3.63, 3.8) is 0 Å². The predicted octanol–water partition coefficient (Wildman–Crippen LogP) is 5.06. The molecular weight excluding hydrogens is 342 g/mol. The molecule has 2 aromatic carbocycles. The molecule has 0 aromatic heterocycles. The highest BCUT2D eigenvalue weighted by atomic mass is 32.2. The number of rotatable bonds is 4. The van der Waals surface area contributed by atoms with Gasteiger partial charge in [0, 0.05) is 16.3 Å². The topological polar surface area (TPSA) is 20.3 Å². The van der Waals surface area contributed by atoms with Gasteiger partial charge in [-0.25, -0.2) is 0 Å². The zero-order valence-electron chi connectivity index (χ0n) is 12.6. The molecule has 3 rings (SSSR count). The van der Waals surface area contributed by atoms with Crippen LogP contribution in [0.1, 0.15) is 12.5 Å². The van der Waals surface area contributed by atoms with E-state index < -0.39 is 0 Å². The normalized spacial score (nSPS) is 16.4. The van der Waals surface area contributed by atoms with Gasteiger partial charge in [0.15, 0.2) is 0 Å². The fraction of sp³-hybridized carbons (Fsp3) is 0.111. The summed E-state index contributed by atoms with van der Waals surface area (Å²) in [7, 11) is 0. The van der Waals surface area contributed by atoms with Crippen molar-refractivity contribution in [3.05, 3.63) is 65.1 Å². The molecule has 1 fully saturated rings. The molecule has 0 unspecified atom stereocenters. The highest BCUT2D eigenvalue weighted by molar-refractivity contribution is 8.26. The molecule has 0 radical (unpaired) electrons. The Morgan fingerprint density at radius 1 is 1.13 bits per heavy atom. The Balaban J connectivity index is 1.91. The Bertz CT molecular complexity index is 771. The van der Waals surface area contributed by atoms with Crippen LogP contribution < -0.4 is 0 Å². The largest absolute Gasteiger partial charge is 0.293 e. The quantitative estimate of drug-likeness (QED) is 0.563. The van der Waals surface area contributed by atoms with Gasteiger partial charge in [0.25, 0.3) is 5.91 Å². The van der Waals surface area contributed by atoms with Crippen LogP contribution in [0.25, 0.3) is 6.08 Å². The number of amides is 1. The molecule has 0 spiro atoms. The predicted molar refractivity (Wildman–Crippen MR) is 103 cm³/mol. The number of hydrogen-bond donors (Lipinski definition) is 0. The van der Waals surface area contributed by atoms with Gasteiger partial charge in [-0.15, -0.1) is 0 Å². The molecule has 2 aromatic rings. The summed E-state index contributed by atoms with van der Waals surface area (Å²) in [4.78, 5) is 17.0. The minimum absolute atomic E-state index is 0.00186. The lowest BCUT2D eigenvalue weighted by molar-refractivity contribution is -0.121. The van der Waals surface area contributed by atoms with Crippen molar-refractivity contribution in [1.82, 2.24) is 4.90 Å². The van der Waals surface area contributed by atoms with Gasteiger partial charge in [0.1, 0.15) is 4.32 Å². The van der Waals surface area contributed by atoms with Gasteiger partial charge in [-0.3, -0.25) is 9.69 Å². The first-order valence-electron chi connectivity index (χ1n) is 7.26. The van der Waals surface area contributed by atoms with Crippen molar-refractivity contribution >= 4 is 52.0 Å². The van der Waals surface area contributed by atoms with Gasteiger partial charge >= 0.3 is 0 Å². The van der Waals surface area contributed by atoms with Crippen molar-refractivity contribution in [1.29, 1.82) is 0 Å². The van der Waals surface area contributed by atoms with E-state index in [2.05, 4.69) is 18.2 Å². The second-order valence-corrected chi connectivity index (χ2v) is 7.67. The fourth-order valence-electron chi connectivity index (χ4n) is 2.22. The van der Waals surface area contributed by atoms with Crippen molar-refractivity contribution in [2.75, 3.05) is 6.54 Å². The Kier molecular flexibility index (Phi) is 5.20. The average Bonchev–Trinajstić information content (AvgIpc) is 2.83. The SMILES string of the molecule is CCN1C(=O)/C(=C\c2ccccc2Sc2ccccc2)SC1=S. The van der Waals surface area contributed by atoms with Gasteiger partial charge in [0.2, 0.25) is 0 Å². The van der Waals surface area contributed by atoms with E-state index in [1.165, 1.54) is 16.7 Å². The van der Waals surface area contributed by atoms with E-state index in [9.17, 15) is 4.79 Å². The number of thiocarbonyl (C=S) groups is 1. The van der Waals surface area contributed by atoms with E-state index in [1.807, 2.05) is 49.4 Å². The lowest BCUT2D eigenvalue weighted by Crippen LogP contribution is -2.27. The lowest BCUT2D eigenvalue weighted by atomic mass is 10.2. The second kappa shape index (κ2) is 7.34. The van der Waals surface area contributed by atoms with Gasteiger partial charge < -0.3 is 0 Å². The van der Waals surface area contributed by atoms with Gasteiger partial charge in [-0.2, -0.15) is 0 Å². The molecule has 1 amide bonds. The number of hydrogen-bond acceptors (Lipinski definition) is 4. The smallest absolute Gasteiger partial charge is 0.266 e.